The lowest BCUT2D eigenvalue weighted by Crippen LogP contribution is -2.22. The highest BCUT2D eigenvalue weighted by Crippen LogP contribution is 2.35. The van der Waals surface area contributed by atoms with Crippen molar-refractivity contribution in [3.63, 3.8) is 0 Å². The topological polar surface area (TPSA) is 69.0 Å². The van der Waals surface area contributed by atoms with Crippen molar-refractivity contribution < 1.29 is 9.53 Å². The molecule has 1 aliphatic rings. The van der Waals surface area contributed by atoms with Crippen LogP contribution >= 0.6 is 0 Å². The Morgan fingerprint density at radius 3 is 2.65 bits per heavy atom. The summed E-state index contributed by atoms with van der Waals surface area (Å²) in [4.78, 5) is 11.7. The zero-order chi connectivity index (χ0) is 16.2. The maximum atomic E-state index is 11.7. The first-order chi connectivity index (χ1) is 11.2. The van der Waals surface area contributed by atoms with E-state index in [1.165, 1.54) is 19.3 Å². The van der Waals surface area contributed by atoms with Crippen molar-refractivity contribution in [1.82, 2.24) is 20.1 Å². The van der Waals surface area contributed by atoms with Crippen molar-refractivity contribution >= 4 is 5.91 Å². The molecule has 0 unspecified atom stereocenters. The molecular weight excluding hydrogens is 292 g/mol. The number of rotatable bonds is 6. The van der Waals surface area contributed by atoms with Crippen LogP contribution in [0.5, 0.6) is 5.75 Å². The number of hydrogen-bond acceptors (Lipinski definition) is 4. The van der Waals surface area contributed by atoms with Crippen LogP contribution < -0.4 is 10.1 Å². The number of ether oxygens (including phenoxy) is 1. The lowest BCUT2D eigenvalue weighted by atomic mass is 9.85. The first-order valence-corrected chi connectivity index (χ1v) is 8.08. The molecule has 23 heavy (non-hydrogen) atoms. The molecule has 3 rings (SSSR count). The van der Waals surface area contributed by atoms with E-state index >= 15 is 0 Å². The van der Waals surface area contributed by atoms with E-state index in [0.29, 0.717) is 30.4 Å². The number of carbonyl (C=O) groups excluding carboxylic acids is 1. The van der Waals surface area contributed by atoms with Crippen molar-refractivity contribution in [2.24, 2.45) is 7.05 Å². The van der Waals surface area contributed by atoms with Crippen LogP contribution in [0.1, 0.15) is 54.1 Å². The van der Waals surface area contributed by atoms with Gasteiger partial charge in [-0.1, -0.05) is 6.42 Å². The molecule has 0 atom stereocenters. The molecule has 1 aromatic heterocycles. The normalized spacial score (nSPS) is 14.3. The molecular formula is C17H22N4O2. The van der Waals surface area contributed by atoms with E-state index in [-0.39, 0.29) is 5.91 Å². The Hall–Kier alpha value is -2.37. The van der Waals surface area contributed by atoms with E-state index in [2.05, 4.69) is 15.5 Å². The van der Waals surface area contributed by atoms with Crippen LogP contribution in [0.3, 0.4) is 0 Å². The minimum Gasteiger partial charge on any atom is -0.486 e. The van der Waals surface area contributed by atoms with E-state index < -0.39 is 0 Å². The average Bonchev–Trinajstić information content (AvgIpc) is 2.86. The van der Waals surface area contributed by atoms with Gasteiger partial charge in [0, 0.05) is 25.1 Å². The standard InChI is InChI=1S/C17H22N4O2/c1-3-18-17(22)13-7-9-14(10-8-13)23-11-15-19-20-16(21(15)2)12-5-4-6-12/h7-10,12H,3-6,11H2,1-2H3,(H,18,22). The quantitative estimate of drug-likeness (QED) is 0.889. The predicted octanol–water partition coefficient (Wildman–Crippen LogP) is 2.41. The van der Waals surface area contributed by atoms with Gasteiger partial charge in [-0.25, -0.2) is 0 Å². The minimum atomic E-state index is -0.0718. The fourth-order valence-electron chi connectivity index (χ4n) is 2.64. The van der Waals surface area contributed by atoms with Crippen LogP contribution in [0.25, 0.3) is 0 Å². The van der Waals surface area contributed by atoms with Gasteiger partial charge in [0.15, 0.2) is 5.82 Å². The number of nitrogens with one attached hydrogen (secondary N) is 1. The third-order valence-electron chi connectivity index (χ3n) is 4.29. The second-order valence-electron chi connectivity index (χ2n) is 5.83. The van der Waals surface area contributed by atoms with Gasteiger partial charge in [0.1, 0.15) is 18.2 Å². The fraction of sp³-hybridized carbons (Fsp3) is 0.471. The van der Waals surface area contributed by atoms with Gasteiger partial charge in [-0.05, 0) is 44.0 Å². The lowest BCUT2D eigenvalue weighted by molar-refractivity contribution is 0.0956. The molecule has 2 aromatic rings. The molecule has 1 saturated carbocycles. The Kier molecular flexibility index (Phi) is 4.60. The Balaban J connectivity index is 1.60. The van der Waals surface area contributed by atoms with E-state index in [1.807, 2.05) is 18.5 Å². The van der Waals surface area contributed by atoms with Crippen molar-refractivity contribution in [2.75, 3.05) is 6.54 Å². The number of carbonyl (C=O) groups is 1. The van der Waals surface area contributed by atoms with E-state index in [0.717, 1.165) is 11.6 Å². The van der Waals surface area contributed by atoms with Crippen LogP contribution in [0, 0.1) is 0 Å². The average molecular weight is 314 g/mol. The Morgan fingerprint density at radius 2 is 2.04 bits per heavy atom. The first-order valence-electron chi connectivity index (χ1n) is 8.08. The first kappa shape index (κ1) is 15.5. The molecule has 0 saturated heterocycles. The van der Waals surface area contributed by atoms with Gasteiger partial charge in [-0.2, -0.15) is 0 Å². The summed E-state index contributed by atoms with van der Waals surface area (Å²) in [5.74, 6) is 3.07. The molecule has 1 fully saturated rings. The zero-order valence-corrected chi connectivity index (χ0v) is 13.6. The highest BCUT2D eigenvalue weighted by molar-refractivity contribution is 5.94. The third-order valence-corrected chi connectivity index (χ3v) is 4.29. The molecule has 0 aliphatic heterocycles. The number of hydrogen-bond donors (Lipinski definition) is 1. The predicted molar refractivity (Wildman–Crippen MR) is 86.4 cm³/mol. The second-order valence-corrected chi connectivity index (χ2v) is 5.83. The summed E-state index contributed by atoms with van der Waals surface area (Å²) in [7, 11) is 1.99. The van der Waals surface area contributed by atoms with Gasteiger partial charge in [0.2, 0.25) is 0 Å². The van der Waals surface area contributed by atoms with Crippen LogP contribution in [-0.4, -0.2) is 27.2 Å². The largest absolute Gasteiger partial charge is 0.486 e. The van der Waals surface area contributed by atoms with Crippen molar-refractivity contribution in [2.45, 2.75) is 38.7 Å². The minimum absolute atomic E-state index is 0.0718. The van der Waals surface area contributed by atoms with Gasteiger partial charge >= 0.3 is 0 Å². The number of aromatic nitrogens is 3. The molecule has 0 spiro atoms. The second kappa shape index (κ2) is 6.81. The molecule has 1 amide bonds. The summed E-state index contributed by atoms with van der Waals surface area (Å²) in [6.45, 7) is 2.89. The lowest BCUT2D eigenvalue weighted by Gasteiger charge is -2.24. The molecule has 0 bridgehead atoms. The van der Waals surface area contributed by atoms with E-state index in [1.54, 1.807) is 24.3 Å². The van der Waals surface area contributed by atoms with Gasteiger partial charge in [-0.15, -0.1) is 10.2 Å². The number of amides is 1. The molecule has 122 valence electrons. The molecule has 6 heteroatoms. The molecule has 1 heterocycles. The Labute approximate surface area is 135 Å². The van der Waals surface area contributed by atoms with Crippen molar-refractivity contribution in [1.29, 1.82) is 0 Å². The molecule has 6 nitrogen and oxygen atoms in total. The van der Waals surface area contributed by atoms with Crippen LogP contribution in [0.4, 0.5) is 0 Å². The smallest absolute Gasteiger partial charge is 0.251 e. The SMILES string of the molecule is CCNC(=O)c1ccc(OCc2nnc(C3CCC3)n2C)cc1. The Morgan fingerprint density at radius 1 is 1.30 bits per heavy atom. The number of benzene rings is 1. The highest BCUT2D eigenvalue weighted by Gasteiger charge is 2.25. The van der Waals surface area contributed by atoms with Gasteiger partial charge in [0.05, 0.1) is 0 Å². The summed E-state index contributed by atoms with van der Waals surface area (Å²) < 4.78 is 7.79. The van der Waals surface area contributed by atoms with Gasteiger partial charge in [-0.3, -0.25) is 4.79 Å². The van der Waals surface area contributed by atoms with Gasteiger partial charge in [0.25, 0.3) is 5.91 Å². The maximum absolute atomic E-state index is 11.7. The molecule has 1 aliphatic carbocycles. The molecule has 1 aromatic carbocycles. The monoisotopic (exact) mass is 314 g/mol. The summed E-state index contributed by atoms with van der Waals surface area (Å²) >= 11 is 0. The number of nitrogens with zero attached hydrogens (tertiary/aromatic N) is 3. The summed E-state index contributed by atoms with van der Waals surface area (Å²) in [5.41, 5.74) is 0.630. The highest BCUT2D eigenvalue weighted by atomic mass is 16.5. The summed E-state index contributed by atoms with van der Waals surface area (Å²) in [6.07, 6.45) is 3.68. The fourth-order valence-corrected chi connectivity index (χ4v) is 2.64. The Bertz CT molecular complexity index is 674. The van der Waals surface area contributed by atoms with E-state index in [4.69, 9.17) is 4.74 Å². The summed E-state index contributed by atoms with van der Waals surface area (Å²) in [6, 6.07) is 7.12. The molecule has 1 N–H and O–H groups in total. The zero-order valence-electron chi connectivity index (χ0n) is 13.6. The third kappa shape index (κ3) is 3.36. The van der Waals surface area contributed by atoms with Crippen molar-refractivity contribution in [3.8, 4) is 5.75 Å². The van der Waals surface area contributed by atoms with Gasteiger partial charge < -0.3 is 14.6 Å². The summed E-state index contributed by atoms with van der Waals surface area (Å²) in [5, 5.41) is 11.3. The van der Waals surface area contributed by atoms with Crippen LogP contribution in [-0.2, 0) is 13.7 Å². The maximum Gasteiger partial charge on any atom is 0.251 e. The van der Waals surface area contributed by atoms with E-state index in [9.17, 15) is 4.79 Å². The van der Waals surface area contributed by atoms with Crippen LogP contribution in [0.2, 0.25) is 0 Å². The van der Waals surface area contributed by atoms with Crippen LogP contribution in [0.15, 0.2) is 24.3 Å². The van der Waals surface area contributed by atoms with Crippen molar-refractivity contribution in [3.05, 3.63) is 41.5 Å². The molecule has 0 radical (unpaired) electrons.